The van der Waals surface area contributed by atoms with Crippen LogP contribution in [0, 0.1) is 11.3 Å². The molecular weight excluding hydrogens is 305 g/mol. The van der Waals surface area contributed by atoms with Crippen molar-refractivity contribution in [3.05, 3.63) is 62.6 Å². The number of rotatable bonds is 3. The maximum Gasteiger partial charge on any atom is 0.157 e. The number of hydrogen-bond donors (Lipinski definition) is 0. The number of nitriles is 1. The molecule has 0 radical (unpaired) electrons. The molecule has 0 saturated carbocycles. The molecule has 5 heteroatoms. The largest absolute Gasteiger partial charge is 0.486 e. The zero-order valence-electron chi connectivity index (χ0n) is 9.66. The predicted molar refractivity (Wildman–Crippen MR) is 77.0 cm³/mol. The molecule has 0 spiro atoms. The van der Waals surface area contributed by atoms with E-state index in [4.69, 9.17) is 44.8 Å². The van der Waals surface area contributed by atoms with E-state index in [1.54, 1.807) is 6.07 Å². The second-order valence-electron chi connectivity index (χ2n) is 3.76. The zero-order chi connectivity index (χ0) is 13.8. The molecule has 0 unspecified atom stereocenters. The summed E-state index contributed by atoms with van der Waals surface area (Å²) in [6.07, 6.45) is 0. The molecule has 19 heavy (non-hydrogen) atoms. The van der Waals surface area contributed by atoms with E-state index in [0.717, 1.165) is 5.56 Å². The van der Waals surface area contributed by atoms with Crippen LogP contribution in [0.25, 0.3) is 0 Å². The first kappa shape index (κ1) is 14.0. The maximum absolute atomic E-state index is 8.80. The average Bonchev–Trinajstić information content (AvgIpc) is 2.39. The SMILES string of the molecule is N#Cc1cc(Cl)c(OCc2ccccc2Cl)c(Cl)c1. The number of nitrogens with zero attached hydrogens (tertiary/aromatic N) is 1. The van der Waals surface area contributed by atoms with E-state index in [0.29, 0.717) is 26.4 Å². The van der Waals surface area contributed by atoms with Gasteiger partial charge in [0.2, 0.25) is 0 Å². The predicted octanol–water partition coefficient (Wildman–Crippen LogP) is 5.10. The van der Waals surface area contributed by atoms with E-state index >= 15 is 0 Å². The molecule has 0 aromatic heterocycles. The molecule has 0 saturated heterocycles. The standard InChI is InChI=1S/C14H8Cl3NO/c15-11-4-2-1-3-10(11)8-19-14-12(16)5-9(7-18)6-13(14)17/h1-6H,8H2. The Morgan fingerprint density at radius 3 is 2.21 bits per heavy atom. The molecule has 0 amide bonds. The fourth-order valence-electron chi connectivity index (χ4n) is 1.53. The minimum Gasteiger partial charge on any atom is -0.486 e. The highest BCUT2D eigenvalue weighted by Crippen LogP contribution is 2.34. The van der Waals surface area contributed by atoms with E-state index in [1.165, 1.54) is 12.1 Å². The summed E-state index contributed by atoms with van der Waals surface area (Å²) < 4.78 is 5.58. The Hall–Kier alpha value is -1.40. The van der Waals surface area contributed by atoms with Crippen molar-refractivity contribution in [2.24, 2.45) is 0 Å². The van der Waals surface area contributed by atoms with Crippen LogP contribution in [0.2, 0.25) is 15.1 Å². The quantitative estimate of drug-likeness (QED) is 0.790. The van der Waals surface area contributed by atoms with Crippen molar-refractivity contribution in [3.63, 3.8) is 0 Å². The smallest absolute Gasteiger partial charge is 0.157 e. The van der Waals surface area contributed by atoms with Crippen molar-refractivity contribution in [1.29, 1.82) is 5.26 Å². The van der Waals surface area contributed by atoms with Gasteiger partial charge in [-0.25, -0.2) is 0 Å². The Labute approximate surface area is 126 Å². The van der Waals surface area contributed by atoms with Crippen molar-refractivity contribution in [1.82, 2.24) is 0 Å². The van der Waals surface area contributed by atoms with Gasteiger partial charge in [-0.3, -0.25) is 0 Å². The van der Waals surface area contributed by atoms with Gasteiger partial charge in [0.25, 0.3) is 0 Å². The van der Waals surface area contributed by atoms with Crippen molar-refractivity contribution < 1.29 is 4.74 Å². The summed E-state index contributed by atoms with van der Waals surface area (Å²) in [6.45, 7) is 0.255. The molecule has 0 atom stereocenters. The third-order valence-corrected chi connectivity index (χ3v) is 3.39. The topological polar surface area (TPSA) is 33.0 Å². The average molecular weight is 313 g/mol. The fraction of sp³-hybridized carbons (Fsp3) is 0.0714. The monoisotopic (exact) mass is 311 g/mol. The van der Waals surface area contributed by atoms with Crippen LogP contribution in [-0.4, -0.2) is 0 Å². The molecule has 0 aliphatic rings. The Morgan fingerprint density at radius 2 is 1.63 bits per heavy atom. The summed E-state index contributed by atoms with van der Waals surface area (Å²) in [7, 11) is 0. The molecule has 0 N–H and O–H groups in total. The van der Waals surface area contributed by atoms with Crippen molar-refractivity contribution in [2.45, 2.75) is 6.61 Å². The summed E-state index contributed by atoms with van der Waals surface area (Å²) >= 11 is 18.1. The number of ether oxygens (including phenoxy) is 1. The van der Waals surface area contributed by atoms with Crippen LogP contribution in [0.4, 0.5) is 0 Å². The Morgan fingerprint density at radius 1 is 1.00 bits per heavy atom. The molecule has 2 aromatic carbocycles. The Kier molecular flexibility index (Phi) is 4.55. The number of hydrogen-bond acceptors (Lipinski definition) is 2. The van der Waals surface area contributed by atoms with Crippen LogP contribution in [-0.2, 0) is 6.61 Å². The van der Waals surface area contributed by atoms with Gasteiger partial charge in [-0.1, -0.05) is 53.0 Å². The van der Waals surface area contributed by atoms with Crippen molar-refractivity contribution >= 4 is 34.8 Å². The first-order chi connectivity index (χ1) is 9.11. The van der Waals surface area contributed by atoms with Crippen LogP contribution < -0.4 is 4.74 Å². The van der Waals surface area contributed by atoms with Crippen LogP contribution in [0.1, 0.15) is 11.1 Å². The second-order valence-corrected chi connectivity index (χ2v) is 4.98. The van der Waals surface area contributed by atoms with E-state index < -0.39 is 0 Å². The lowest BCUT2D eigenvalue weighted by Gasteiger charge is -2.11. The van der Waals surface area contributed by atoms with Gasteiger partial charge >= 0.3 is 0 Å². The minimum absolute atomic E-state index is 0.255. The van der Waals surface area contributed by atoms with E-state index in [1.807, 2.05) is 24.3 Å². The minimum atomic E-state index is 0.255. The Balaban J connectivity index is 2.21. The molecule has 2 nitrogen and oxygen atoms in total. The molecule has 0 heterocycles. The summed E-state index contributed by atoms with van der Waals surface area (Å²) in [5.74, 6) is 0.349. The van der Waals surface area contributed by atoms with Crippen LogP contribution in [0.15, 0.2) is 36.4 Å². The van der Waals surface area contributed by atoms with E-state index in [2.05, 4.69) is 0 Å². The van der Waals surface area contributed by atoms with Gasteiger partial charge in [0.15, 0.2) is 5.75 Å². The highest BCUT2D eigenvalue weighted by Gasteiger charge is 2.10. The van der Waals surface area contributed by atoms with Gasteiger partial charge in [0, 0.05) is 10.6 Å². The molecular formula is C14H8Cl3NO. The third-order valence-electron chi connectivity index (χ3n) is 2.46. The number of benzene rings is 2. The maximum atomic E-state index is 8.80. The zero-order valence-corrected chi connectivity index (χ0v) is 11.9. The van der Waals surface area contributed by atoms with Crippen LogP contribution in [0.5, 0.6) is 5.75 Å². The van der Waals surface area contributed by atoms with Gasteiger partial charge in [0.05, 0.1) is 21.7 Å². The van der Waals surface area contributed by atoms with Crippen LogP contribution >= 0.6 is 34.8 Å². The molecule has 0 fully saturated rings. The number of halogens is 3. The summed E-state index contributed by atoms with van der Waals surface area (Å²) in [5, 5.41) is 10.0. The van der Waals surface area contributed by atoms with Crippen LogP contribution in [0.3, 0.4) is 0 Å². The van der Waals surface area contributed by atoms with Gasteiger partial charge in [-0.15, -0.1) is 0 Å². The highest BCUT2D eigenvalue weighted by atomic mass is 35.5. The first-order valence-corrected chi connectivity index (χ1v) is 6.50. The fourth-order valence-corrected chi connectivity index (χ4v) is 2.31. The molecule has 0 bridgehead atoms. The molecule has 0 aliphatic heterocycles. The summed E-state index contributed by atoms with van der Waals surface area (Å²) in [5.41, 5.74) is 1.22. The molecule has 0 aliphatic carbocycles. The Bertz CT molecular complexity index is 626. The third kappa shape index (κ3) is 3.33. The van der Waals surface area contributed by atoms with E-state index in [9.17, 15) is 0 Å². The second kappa shape index (κ2) is 6.16. The van der Waals surface area contributed by atoms with Gasteiger partial charge < -0.3 is 4.74 Å². The summed E-state index contributed by atoms with van der Waals surface area (Å²) in [4.78, 5) is 0. The van der Waals surface area contributed by atoms with Gasteiger partial charge in [0.1, 0.15) is 6.61 Å². The lowest BCUT2D eigenvalue weighted by molar-refractivity contribution is 0.306. The van der Waals surface area contributed by atoms with Gasteiger partial charge in [-0.2, -0.15) is 5.26 Å². The van der Waals surface area contributed by atoms with Gasteiger partial charge in [-0.05, 0) is 18.2 Å². The highest BCUT2D eigenvalue weighted by molar-refractivity contribution is 6.37. The molecule has 2 aromatic rings. The normalized spacial score (nSPS) is 10.0. The lowest BCUT2D eigenvalue weighted by Crippen LogP contribution is -1.97. The van der Waals surface area contributed by atoms with E-state index in [-0.39, 0.29) is 6.61 Å². The van der Waals surface area contributed by atoms with Crippen molar-refractivity contribution in [3.8, 4) is 11.8 Å². The first-order valence-electron chi connectivity index (χ1n) is 5.37. The lowest BCUT2D eigenvalue weighted by atomic mass is 10.2. The molecule has 2 rings (SSSR count). The molecule has 96 valence electrons. The summed E-state index contributed by atoms with van der Waals surface area (Å²) in [6, 6.07) is 12.3. The van der Waals surface area contributed by atoms with Crippen molar-refractivity contribution in [2.75, 3.05) is 0 Å².